The van der Waals surface area contributed by atoms with Crippen molar-refractivity contribution in [2.45, 2.75) is 25.8 Å². The van der Waals surface area contributed by atoms with Gasteiger partial charge >= 0.3 is 0 Å². The highest BCUT2D eigenvalue weighted by Gasteiger charge is 2.29. The lowest BCUT2D eigenvalue weighted by Crippen LogP contribution is -2.47. The lowest BCUT2D eigenvalue weighted by atomic mass is 9.93. The van der Waals surface area contributed by atoms with E-state index in [-0.39, 0.29) is 17.7 Å². The average Bonchev–Trinajstić information content (AvgIpc) is 2.47. The topological polar surface area (TPSA) is 55.6 Å². The molecule has 1 aromatic rings. The molecule has 2 unspecified atom stereocenters. The second-order valence-corrected chi connectivity index (χ2v) is 5.33. The molecule has 110 valence electrons. The molecule has 1 aliphatic heterocycles. The Bertz CT molecular complexity index is 493. The second-order valence-electron chi connectivity index (χ2n) is 5.33. The number of rotatable bonds is 3. The first-order valence-corrected chi connectivity index (χ1v) is 6.91. The van der Waals surface area contributed by atoms with E-state index < -0.39 is 5.82 Å². The molecule has 1 aromatic carbocycles. The highest BCUT2D eigenvalue weighted by Crippen LogP contribution is 2.25. The van der Waals surface area contributed by atoms with Gasteiger partial charge in [-0.15, -0.1) is 0 Å². The van der Waals surface area contributed by atoms with Crippen LogP contribution in [-0.4, -0.2) is 37.0 Å². The molecule has 1 amide bonds. The van der Waals surface area contributed by atoms with Gasteiger partial charge in [0.15, 0.2) is 11.6 Å². The second kappa shape index (κ2) is 6.22. The van der Waals surface area contributed by atoms with E-state index in [1.54, 1.807) is 0 Å². The minimum absolute atomic E-state index is 0.0889. The van der Waals surface area contributed by atoms with Crippen LogP contribution in [0, 0.1) is 11.7 Å². The maximum absolute atomic E-state index is 13.4. The summed E-state index contributed by atoms with van der Waals surface area (Å²) in [6, 6.07) is 4.40. The minimum atomic E-state index is -0.462. The molecular weight excluding hydrogens is 259 g/mol. The number of amides is 1. The van der Waals surface area contributed by atoms with Gasteiger partial charge in [0.05, 0.1) is 7.11 Å². The molecule has 2 N–H and O–H groups in total. The maximum atomic E-state index is 13.4. The van der Waals surface area contributed by atoms with E-state index >= 15 is 0 Å². The molecule has 2 rings (SSSR count). The Balaban J connectivity index is 2.21. The molecule has 0 aliphatic carbocycles. The summed E-state index contributed by atoms with van der Waals surface area (Å²) in [5, 5.41) is 0. The van der Waals surface area contributed by atoms with Crippen LogP contribution in [0.3, 0.4) is 0 Å². The maximum Gasteiger partial charge on any atom is 0.254 e. The number of hydrogen-bond acceptors (Lipinski definition) is 3. The number of carbonyl (C=O) groups is 1. The molecule has 0 saturated carbocycles. The van der Waals surface area contributed by atoms with Gasteiger partial charge < -0.3 is 15.4 Å². The molecule has 1 saturated heterocycles. The Labute approximate surface area is 118 Å². The van der Waals surface area contributed by atoms with Crippen LogP contribution in [-0.2, 0) is 0 Å². The van der Waals surface area contributed by atoms with Crippen molar-refractivity contribution in [3.63, 3.8) is 0 Å². The van der Waals surface area contributed by atoms with Crippen LogP contribution in [0.2, 0.25) is 0 Å². The van der Waals surface area contributed by atoms with Crippen molar-refractivity contribution >= 4 is 5.91 Å². The first-order valence-electron chi connectivity index (χ1n) is 6.91. The van der Waals surface area contributed by atoms with Gasteiger partial charge in [0, 0.05) is 18.2 Å². The summed E-state index contributed by atoms with van der Waals surface area (Å²) in [6.45, 7) is 3.28. The Morgan fingerprint density at radius 1 is 1.50 bits per heavy atom. The van der Waals surface area contributed by atoms with Crippen LogP contribution in [0.25, 0.3) is 0 Å². The summed E-state index contributed by atoms with van der Waals surface area (Å²) < 4.78 is 18.3. The van der Waals surface area contributed by atoms with Crippen LogP contribution in [0.4, 0.5) is 4.39 Å². The molecule has 5 heteroatoms. The van der Waals surface area contributed by atoms with Crippen molar-refractivity contribution in [2.24, 2.45) is 11.7 Å². The number of nitrogens with two attached hydrogens (primary N) is 1. The molecule has 2 atom stereocenters. The van der Waals surface area contributed by atoms with Gasteiger partial charge in [-0.1, -0.05) is 0 Å². The van der Waals surface area contributed by atoms with Gasteiger partial charge in [-0.3, -0.25) is 4.79 Å². The van der Waals surface area contributed by atoms with Gasteiger partial charge in [0.25, 0.3) is 5.91 Å². The fourth-order valence-electron chi connectivity index (χ4n) is 2.62. The Hall–Kier alpha value is -1.62. The number of nitrogens with zero attached hydrogens (tertiary/aromatic N) is 1. The lowest BCUT2D eigenvalue weighted by molar-refractivity contribution is 0.0566. The summed E-state index contributed by atoms with van der Waals surface area (Å²) in [4.78, 5) is 14.4. The molecule has 1 fully saturated rings. The zero-order chi connectivity index (χ0) is 14.7. The molecule has 1 heterocycles. The SMILES string of the molecule is COc1cc(C(=O)N2CC(CN)CCC2C)ccc1F. The summed E-state index contributed by atoms with van der Waals surface area (Å²) in [6.07, 6.45) is 2.00. The van der Waals surface area contributed by atoms with E-state index in [9.17, 15) is 9.18 Å². The summed E-state index contributed by atoms with van der Waals surface area (Å²) >= 11 is 0. The fourth-order valence-corrected chi connectivity index (χ4v) is 2.62. The summed E-state index contributed by atoms with van der Waals surface area (Å²) in [7, 11) is 1.39. The molecular formula is C15H21FN2O2. The van der Waals surface area contributed by atoms with Crippen molar-refractivity contribution in [1.29, 1.82) is 0 Å². The number of piperidine rings is 1. The Kier molecular flexibility index (Phi) is 4.60. The highest BCUT2D eigenvalue weighted by atomic mass is 19.1. The Morgan fingerprint density at radius 2 is 2.25 bits per heavy atom. The van der Waals surface area contributed by atoms with Crippen molar-refractivity contribution in [2.75, 3.05) is 20.2 Å². The third kappa shape index (κ3) is 2.93. The third-order valence-corrected chi connectivity index (χ3v) is 3.97. The first-order chi connectivity index (χ1) is 9.56. The largest absolute Gasteiger partial charge is 0.494 e. The number of benzene rings is 1. The molecule has 4 nitrogen and oxygen atoms in total. The first kappa shape index (κ1) is 14.8. The molecule has 1 aliphatic rings. The van der Waals surface area contributed by atoms with E-state index in [0.29, 0.717) is 24.6 Å². The predicted molar refractivity (Wildman–Crippen MR) is 75.2 cm³/mol. The van der Waals surface area contributed by atoms with E-state index in [0.717, 1.165) is 12.8 Å². The van der Waals surface area contributed by atoms with Crippen molar-refractivity contribution in [3.05, 3.63) is 29.6 Å². The standard InChI is InChI=1S/C15H21FN2O2/c1-10-3-4-11(8-17)9-18(10)15(19)12-5-6-13(16)14(7-12)20-2/h5-7,10-11H,3-4,8-9,17H2,1-2H3. The van der Waals surface area contributed by atoms with Gasteiger partial charge in [0.2, 0.25) is 0 Å². The molecule has 0 spiro atoms. The zero-order valence-electron chi connectivity index (χ0n) is 11.9. The predicted octanol–water partition coefficient (Wildman–Crippen LogP) is 2.03. The quantitative estimate of drug-likeness (QED) is 0.921. The number of halogens is 1. The van der Waals surface area contributed by atoms with Crippen LogP contribution in [0.5, 0.6) is 5.75 Å². The van der Waals surface area contributed by atoms with Gasteiger partial charge in [0.1, 0.15) is 0 Å². The van der Waals surface area contributed by atoms with Crippen LogP contribution < -0.4 is 10.5 Å². The number of likely N-dealkylation sites (tertiary alicyclic amines) is 1. The van der Waals surface area contributed by atoms with E-state index in [1.807, 2.05) is 11.8 Å². The molecule has 0 aromatic heterocycles. The molecule has 0 bridgehead atoms. The molecule has 0 radical (unpaired) electrons. The van der Waals surface area contributed by atoms with Crippen molar-refractivity contribution in [1.82, 2.24) is 4.90 Å². The average molecular weight is 280 g/mol. The van der Waals surface area contributed by atoms with E-state index in [1.165, 1.54) is 25.3 Å². The van der Waals surface area contributed by atoms with Crippen LogP contribution in [0.1, 0.15) is 30.1 Å². The lowest BCUT2D eigenvalue weighted by Gasteiger charge is -2.37. The van der Waals surface area contributed by atoms with E-state index in [4.69, 9.17) is 10.5 Å². The van der Waals surface area contributed by atoms with E-state index in [2.05, 4.69) is 0 Å². The van der Waals surface area contributed by atoms with Crippen LogP contribution in [0.15, 0.2) is 18.2 Å². The van der Waals surface area contributed by atoms with Crippen molar-refractivity contribution < 1.29 is 13.9 Å². The van der Waals surface area contributed by atoms with Crippen LogP contribution >= 0.6 is 0 Å². The van der Waals surface area contributed by atoms with Gasteiger partial charge in [-0.05, 0) is 50.4 Å². The Morgan fingerprint density at radius 3 is 2.90 bits per heavy atom. The third-order valence-electron chi connectivity index (χ3n) is 3.97. The smallest absolute Gasteiger partial charge is 0.254 e. The zero-order valence-corrected chi connectivity index (χ0v) is 11.9. The number of hydrogen-bond donors (Lipinski definition) is 1. The monoisotopic (exact) mass is 280 g/mol. The number of carbonyl (C=O) groups excluding carboxylic acids is 1. The van der Waals surface area contributed by atoms with Gasteiger partial charge in [-0.2, -0.15) is 0 Å². The number of methoxy groups -OCH3 is 1. The van der Waals surface area contributed by atoms with Gasteiger partial charge in [-0.25, -0.2) is 4.39 Å². The summed E-state index contributed by atoms with van der Waals surface area (Å²) in [5.41, 5.74) is 6.16. The highest BCUT2D eigenvalue weighted by molar-refractivity contribution is 5.94. The fraction of sp³-hybridized carbons (Fsp3) is 0.533. The minimum Gasteiger partial charge on any atom is -0.494 e. The molecule has 20 heavy (non-hydrogen) atoms. The normalized spacial score (nSPS) is 22.7. The van der Waals surface area contributed by atoms with Crippen molar-refractivity contribution in [3.8, 4) is 5.75 Å². The number of ether oxygens (including phenoxy) is 1. The summed E-state index contributed by atoms with van der Waals surface area (Å²) in [5.74, 6) is -0.113.